The van der Waals surface area contributed by atoms with Gasteiger partial charge in [-0.15, -0.1) is 0 Å². The molecule has 1 unspecified atom stereocenters. The van der Waals surface area contributed by atoms with Crippen molar-refractivity contribution < 1.29 is 18.0 Å². The van der Waals surface area contributed by atoms with E-state index in [1.54, 1.807) is 0 Å². The van der Waals surface area contributed by atoms with E-state index in [1.807, 2.05) is 34.2 Å². The van der Waals surface area contributed by atoms with Crippen LogP contribution < -0.4 is 0 Å². The van der Waals surface area contributed by atoms with Crippen molar-refractivity contribution in [1.29, 1.82) is 0 Å². The van der Waals surface area contributed by atoms with Crippen molar-refractivity contribution in [3.8, 4) is 0 Å². The summed E-state index contributed by atoms with van der Waals surface area (Å²) >= 11 is 0. The van der Waals surface area contributed by atoms with Gasteiger partial charge in [-0.2, -0.15) is 0 Å². The molecule has 1 rings (SSSR count). The normalized spacial score (nSPS) is 22.2. The molecule has 0 saturated carbocycles. The molecular weight excluding hydrogens is 212 g/mol. The summed E-state index contributed by atoms with van der Waals surface area (Å²) < 4.78 is 22.5. The van der Waals surface area contributed by atoms with Crippen molar-refractivity contribution in [2.24, 2.45) is 0 Å². The third kappa shape index (κ3) is 4.61. The highest BCUT2D eigenvalue weighted by molar-refractivity contribution is 6.59. The van der Waals surface area contributed by atoms with Crippen LogP contribution in [0, 0.1) is 0 Å². The molecule has 0 radical (unpaired) electrons. The molecule has 90 valence electrons. The van der Waals surface area contributed by atoms with Crippen LogP contribution in [0.15, 0.2) is 0 Å². The van der Waals surface area contributed by atoms with Gasteiger partial charge in [0.2, 0.25) is 0 Å². The average molecular weight is 234 g/mol. The summed E-state index contributed by atoms with van der Waals surface area (Å²) in [5, 5.41) is 0. The van der Waals surface area contributed by atoms with E-state index in [-0.39, 0.29) is 18.5 Å². The maximum absolute atomic E-state index is 5.77. The highest BCUT2D eigenvalue weighted by Gasteiger charge is 2.41. The zero-order valence-corrected chi connectivity index (χ0v) is 11.3. The van der Waals surface area contributed by atoms with Gasteiger partial charge in [0.25, 0.3) is 0 Å². The fourth-order valence-corrected chi connectivity index (χ4v) is 4.03. The molecule has 0 spiro atoms. The predicted octanol–water partition coefficient (Wildman–Crippen LogP) is 2.17. The van der Waals surface area contributed by atoms with Gasteiger partial charge in [0, 0.05) is 25.2 Å². The largest absolute Gasteiger partial charge is 0.500 e. The molecule has 0 aromatic rings. The van der Waals surface area contributed by atoms with Crippen molar-refractivity contribution in [2.45, 2.75) is 59.2 Å². The lowest BCUT2D eigenvalue weighted by molar-refractivity contribution is -0.194. The van der Waals surface area contributed by atoms with Crippen molar-refractivity contribution in [3.05, 3.63) is 0 Å². The quantitative estimate of drug-likeness (QED) is 0.660. The molecule has 15 heavy (non-hydrogen) atoms. The van der Waals surface area contributed by atoms with Crippen LogP contribution in [-0.2, 0) is 18.0 Å². The first-order valence-corrected chi connectivity index (χ1v) is 7.79. The SMILES string of the molecule is CC(C)O[Si](C)(OC(C)C)OC1CCO1. The highest BCUT2D eigenvalue weighted by Crippen LogP contribution is 2.22. The van der Waals surface area contributed by atoms with E-state index in [1.165, 1.54) is 0 Å². The van der Waals surface area contributed by atoms with Crippen LogP contribution in [0.25, 0.3) is 0 Å². The highest BCUT2D eigenvalue weighted by atomic mass is 28.4. The standard InChI is InChI=1S/C10H22O4Si/c1-8(2)12-15(5,13-9(3)4)14-10-6-7-11-10/h8-10H,6-7H2,1-5H3. The minimum absolute atomic E-state index is 0.112. The molecule has 0 aromatic heterocycles. The second-order valence-corrected chi connectivity index (χ2v) is 6.83. The molecule has 0 aromatic carbocycles. The van der Waals surface area contributed by atoms with E-state index in [2.05, 4.69) is 0 Å². The Labute approximate surface area is 93.2 Å². The molecule has 1 atom stereocenters. The van der Waals surface area contributed by atoms with Crippen LogP contribution >= 0.6 is 0 Å². The van der Waals surface area contributed by atoms with Crippen LogP contribution in [0.4, 0.5) is 0 Å². The molecule has 4 nitrogen and oxygen atoms in total. The Morgan fingerprint density at radius 1 is 1.13 bits per heavy atom. The molecule has 1 aliphatic rings. The molecule has 0 aliphatic carbocycles. The number of rotatable bonds is 6. The maximum atomic E-state index is 5.77. The maximum Gasteiger partial charge on any atom is 0.500 e. The fraction of sp³-hybridized carbons (Fsp3) is 1.00. The zero-order valence-electron chi connectivity index (χ0n) is 10.3. The van der Waals surface area contributed by atoms with E-state index < -0.39 is 8.80 Å². The smallest absolute Gasteiger partial charge is 0.371 e. The minimum atomic E-state index is -2.53. The molecular formula is C10H22O4Si. The van der Waals surface area contributed by atoms with Crippen molar-refractivity contribution in [2.75, 3.05) is 6.61 Å². The fourth-order valence-electron chi connectivity index (χ4n) is 1.49. The van der Waals surface area contributed by atoms with Gasteiger partial charge in [-0.25, -0.2) is 0 Å². The summed E-state index contributed by atoms with van der Waals surface area (Å²) in [6, 6.07) is 0. The molecule has 1 aliphatic heterocycles. The van der Waals surface area contributed by atoms with Gasteiger partial charge in [0.1, 0.15) is 0 Å². The van der Waals surface area contributed by atoms with Gasteiger partial charge in [0.15, 0.2) is 6.29 Å². The monoisotopic (exact) mass is 234 g/mol. The van der Waals surface area contributed by atoms with E-state index in [0.29, 0.717) is 0 Å². The number of hydrogen-bond acceptors (Lipinski definition) is 4. The Morgan fingerprint density at radius 3 is 1.87 bits per heavy atom. The summed E-state index contributed by atoms with van der Waals surface area (Å²) in [5.41, 5.74) is 0. The molecule has 1 saturated heterocycles. The van der Waals surface area contributed by atoms with Gasteiger partial charge in [0.05, 0.1) is 6.61 Å². The number of ether oxygens (including phenoxy) is 1. The Balaban J connectivity index is 2.48. The molecule has 1 heterocycles. The van der Waals surface area contributed by atoms with Crippen molar-refractivity contribution in [3.63, 3.8) is 0 Å². The Kier molecular flexibility index (Phi) is 4.73. The van der Waals surface area contributed by atoms with Crippen molar-refractivity contribution >= 4 is 8.80 Å². The Bertz CT molecular complexity index is 182. The summed E-state index contributed by atoms with van der Waals surface area (Å²) in [6.07, 6.45) is 1.03. The first kappa shape index (κ1) is 13.1. The van der Waals surface area contributed by atoms with Crippen LogP contribution in [0.2, 0.25) is 6.55 Å². The number of hydrogen-bond donors (Lipinski definition) is 0. The zero-order chi connectivity index (χ0) is 11.5. The van der Waals surface area contributed by atoms with E-state index in [0.717, 1.165) is 13.0 Å². The summed E-state index contributed by atoms with van der Waals surface area (Å²) in [7, 11) is -2.53. The Hall–Kier alpha value is 0.0569. The topological polar surface area (TPSA) is 36.9 Å². The van der Waals surface area contributed by atoms with E-state index >= 15 is 0 Å². The second kappa shape index (κ2) is 5.40. The second-order valence-electron chi connectivity index (χ2n) is 4.40. The molecule has 0 bridgehead atoms. The van der Waals surface area contributed by atoms with Gasteiger partial charge in [-0.3, -0.25) is 0 Å². The average Bonchev–Trinajstić information content (AvgIpc) is 1.93. The van der Waals surface area contributed by atoms with Gasteiger partial charge >= 0.3 is 8.80 Å². The molecule has 1 fully saturated rings. The third-order valence-corrected chi connectivity index (χ3v) is 4.39. The Morgan fingerprint density at radius 2 is 1.60 bits per heavy atom. The van der Waals surface area contributed by atoms with Gasteiger partial charge < -0.3 is 18.0 Å². The van der Waals surface area contributed by atoms with Crippen LogP contribution in [-0.4, -0.2) is 33.9 Å². The van der Waals surface area contributed by atoms with E-state index in [4.69, 9.17) is 18.0 Å². The summed E-state index contributed by atoms with van der Waals surface area (Å²) in [5.74, 6) is 0. The van der Waals surface area contributed by atoms with Gasteiger partial charge in [-0.05, 0) is 27.7 Å². The first-order chi connectivity index (χ1) is 6.91. The molecule has 0 N–H and O–H groups in total. The summed E-state index contributed by atoms with van der Waals surface area (Å²) in [4.78, 5) is 0. The third-order valence-electron chi connectivity index (χ3n) is 1.90. The molecule has 0 amide bonds. The van der Waals surface area contributed by atoms with Crippen LogP contribution in [0.3, 0.4) is 0 Å². The lowest BCUT2D eigenvalue weighted by Crippen LogP contribution is -2.51. The van der Waals surface area contributed by atoms with Gasteiger partial charge in [-0.1, -0.05) is 0 Å². The van der Waals surface area contributed by atoms with Crippen LogP contribution in [0.1, 0.15) is 34.1 Å². The first-order valence-electron chi connectivity index (χ1n) is 5.56. The summed E-state index contributed by atoms with van der Waals surface area (Å²) in [6.45, 7) is 10.6. The lowest BCUT2D eigenvalue weighted by atomic mass is 10.4. The van der Waals surface area contributed by atoms with Crippen molar-refractivity contribution in [1.82, 2.24) is 0 Å². The predicted molar refractivity (Wildman–Crippen MR) is 59.5 cm³/mol. The minimum Gasteiger partial charge on any atom is -0.371 e. The molecule has 5 heteroatoms. The van der Waals surface area contributed by atoms with Crippen LogP contribution in [0.5, 0.6) is 0 Å². The van der Waals surface area contributed by atoms with E-state index in [9.17, 15) is 0 Å². The lowest BCUT2D eigenvalue weighted by Gasteiger charge is -2.36.